The van der Waals surface area contributed by atoms with Crippen LogP contribution < -0.4 is 10.1 Å². The number of aromatic hydroxyl groups is 1. The smallest absolute Gasteiger partial charge is 0.123 e. The van der Waals surface area contributed by atoms with E-state index in [2.05, 4.69) is 5.32 Å². The molecular formula is C16H17NO2. The lowest BCUT2D eigenvalue weighted by molar-refractivity contribution is 0.287. The highest BCUT2D eigenvalue weighted by Crippen LogP contribution is 2.32. The quantitative estimate of drug-likeness (QED) is 0.884. The third kappa shape index (κ3) is 2.65. The molecule has 3 heteroatoms. The molecule has 0 unspecified atom stereocenters. The number of ether oxygens (including phenoxy) is 1. The van der Waals surface area contributed by atoms with Crippen LogP contribution in [0.25, 0.3) is 0 Å². The van der Waals surface area contributed by atoms with Gasteiger partial charge in [0, 0.05) is 17.8 Å². The van der Waals surface area contributed by atoms with Crippen LogP contribution >= 0.6 is 0 Å². The maximum Gasteiger partial charge on any atom is 0.123 e. The predicted molar refractivity (Wildman–Crippen MR) is 75.7 cm³/mol. The highest BCUT2D eigenvalue weighted by Gasteiger charge is 2.14. The number of aryl methyl sites for hydroxylation is 1. The Morgan fingerprint density at radius 2 is 2.00 bits per heavy atom. The van der Waals surface area contributed by atoms with Crippen molar-refractivity contribution < 1.29 is 9.84 Å². The van der Waals surface area contributed by atoms with Gasteiger partial charge in [-0.3, -0.25) is 0 Å². The summed E-state index contributed by atoms with van der Waals surface area (Å²) >= 11 is 0. The monoisotopic (exact) mass is 255 g/mol. The van der Waals surface area contributed by atoms with E-state index < -0.39 is 0 Å². The standard InChI is InChI=1S/C16H17NO2/c18-15-9-12-5-4-8-19-16(12)10-13(15)11-17-14-6-2-1-3-7-14/h1-3,6-7,9-10,17-18H,4-5,8,11H2. The average Bonchev–Trinajstić information content (AvgIpc) is 2.46. The minimum atomic E-state index is 0.340. The molecule has 0 bridgehead atoms. The second-order valence-corrected chi connectivity index (χ2v) is 4.76. The zero-order valence-electron chi connectivity index (χ0n) is 10.7. The van der Waals surface area contributed by atoms with Gasteiger partial charge < -0.3 is 15.2 Å². The SMILES string of the molecule is Oc1cc2c(cc1CNc1ccccc1)OCCC2. The van der Waals surface area contributed by atoms with E-state index in [0.29, 0.717) is 12.3 Å². The van der Waals surface area contributed by atoms with Crippen LogP contribution in [0.5, 0.6) is 11.5 Å². The Morgan fingerprint density at radius 3 is 2.84 bits per heavy atom. The number of fused-ring (bicyclic) bond motifs is 1. The summed E-state index contributed by atoms with van der Waals surface area (Å²) in [7, 11) is 0. The predicted octanol–water partition coefficient (Wildman–Crippen LogP) is 3.33. The minimum Gasteiger partial charge on any atom is -0.508 e. The fourth-order valence-corrected chi connectivity index (χ4v) is 2.32. The molecule has 0 amide bonds. The van der Waals surface area contributed by atoms with Crippen molar-refractivity contribution in [2.24, 2.45) is 0 Å². The lowest BCUT2D eigenvalue weighted by Gasteiger charge is -2.19. The second-order valence-electron chi connectivity index (χ2n) is 4.76. The third-order valence-corrected chi connectivity index (χ3v) is 3.37. The zero-order valence-corrected chi connectivity index (χ0v) is 10.7. The van der Waals surface area contributed by atoms with Gasteiger partial charge in [0.2, 0.25) is 0 Å². The highest BCUT2D eigenvalue weighted by molar-refractivity contribution is 5.49. The van der Waals surface area contributed by atoms with Crippen molar-refractivity contribution in [2.45, 2.75) is 19.4 Å². The summed E-state index contributed by atoms with van der Waals surface area (Å²) in [6.07, 6.45) is 2.00. The third-order valence-electron chi connectivity index (χ3n) is 3.37. The molecule has 0 saturated heterocycles. The molecule has 98 valence electrons. The number of phenols is 1. The molecule has 0 spiro atoms. The normalized spacial score (nSPS) is 13.5. The minimum absolute atomic E-state index is 0.340. The van der Waals surface area contributed by atoms with Gasteiger partial charge in [0.25, 0.3) is 0 Å². The van der Waals surface area contributed by atoms with Gasteiger partial charge in [0.1, 0.15) is 11.5 Å². The molecule has 1 aliphatic rings. The Hall–Kier alpha value is -2.16. The molecule has 2 aromatic carbocycles. The Bertz CT molecular complexity index is 566. The van der Waals surface area contributed by atoms with Gasteiger partial charge >= 0.3 is 0 Å². The van der Waals surface area contributed by atoms with Crippen molar-refractivity contribution in [3.63, 3.8) is 0 Å². The van der Waals surface area contributed by atoms with Crippen molar-refractivity contribution in [3.8, 4) is 11.5 Å². The molecule has 0 atom stereocenters. The van der Waals surface area contributed by atoms with E-state index in [1.165, 1.54) is 0 Å². The summed E-state index contributed by atoms with van der Waals surface area (Å²) in [6, 6.07) is 13.7. The number of benzene rings is 2. The molecule has 3 nitrogen and oxygen atoms in total. The lowest BCUT2D eigenvalue weighted by Crippen LogP contribution is -2.09. The van der Waals surface area contributed by atoms with E-state index in [9.17, 15) is 5.11 Å². The molecule has 2 aromatic rings. The summed E-state index contributed by atoms with van der Waals surface area (Å²) in [5, 5.41) is 13.3. The van der Waals surface area contributed by atoms with Gasteiger partial charge in [-0.15, -0.1) is 0 Å². The lowest BCUT2D eigenvalue weighted by atomic mass is 10.0. The number of hydrogen-bond acceptors (Lipinski definition) is 3. The van der Waals surface area contributed by atoms with Gasteiger partial charge in [-0.25, -0.2) is 0 Å². The molecule has 0 fully saturated rings. The Morgan fingerprint density at radius 1 is 1.16 bits per heavy atom. The number of nitrogens with one attached hydrogen (secondary N) is 1. The van der Waals surface area contributed by atoms with E-state index in [1.807, 2.05) is 42.5 Å². The van der Waals surface area contributed by atoms with Crippen molar-refractivity contribution in [1.29, 1.82) is 0 Å². The van der Waals surface area contributed by atoms with Gasteiger partial charge in [0.05, 0.1) is 6.61 Å². The maximum absolute atomic E-state index is 10.0. The summed E-state index contributed by atoms with van der Waals surface area (Å²) < 4.78 is 5.63. The molecule has 0 aromatic heterocycles. The van der Waals surface area contributed by atoms with Crippen LogP contribution in [-0.2, 0) is 13.0 Å². The molecule has 0 saturated carbocycles. The Balaban J connectivity index is 1.77. The molecule has 0 radical (unpaired) electrons. The van der Waals surface area contributed by atoms with Crippen LogP contribution in [-0.4, -0.2) is 11.7 Å². The first-order chi connectivity index (χ1) is 9.33. The van der Waals surface area contributed by atoms with E-state index in [1.54, 1.807) is 0 Å². The summed E-state index contributed by atoms with van der Waals surface area (Å²) in [5.41, 5.74) is 3.01. The molecule has 0 aliphatic carbocycles. The molecule has 3 rings (SSSR count). The summed E-state index contributed by atoms with van der Waals surface area (Å²) in [6.45, 7) is 1.36. The number of phenolic OH excluding ortho intramolecular Hbond substituents is 1. The van der Waals surface area contributed by atoms with Crippen molar-refractivity contribution in [3.05, 3.63) is 53.6 Å². The van der Waals surface area contributed by atoms with E-state index in [4.69, 9.17) is 4.74 Å². The number of anilines is 1. The fourth-order valence-electron chi connectivity index (χ4n) is 2.32. The molecule has 1 aliphatic heterocycles. The van der Waals surface area contributed by atoms with Crippen LogP contribution in [0.15, 0.2) is 42.5 Å². The van der Waals surface area contributed by atoms with E-state index in [0.717, 1.165) is 42.0 Å². The van der Waals surface area contributed by atoms with Crippen LogP contribution in [0.2, 0.25) is 0 Å². The number of hydrogen-bond donors (Lipinski definition) is 2. The van der Waals surface area contributed by atoms with E-state index >= 15 is 0 Å². The maximum atomic E-state index is 10.0. The molecular weight excluding hydrogens is 238 g/mol. The van der Waals surface area contributed by atoms with Crippen LogP contribution in [0.1, 0.15) is 17.5 Å². The molecule has 2 N–H and O–H groups in total. The average molecular weight is 255 g/mol. The number of para-hydroxylation sites is 1. The van der Waals surface area contributed by atoms with Gasteiger partial charge in [-0.2, -0.15) is 0 Å². The highest BCUT2D eigenvalue weighted by atomic mass is 16.5. The summed E-state index contributed by atoms with van der Waals surface area (Å²) in [4.78, 5) is 0. The van der Waals surface area contributed by atoms with Gasteiger partial charge in [-0.05, 0) is 42.7 Å². The largest absolute Gasteiger partial charge is 0.508 e. The van der Waals surface area contributed by atoms with Crippen molar-refractivity contribution in [1.82, 2.24) is 0 Å². The zero-order chi connectivity index (χ0) is 13.1. The second kappa shape index (κ2) is 5.22. The Kier molecular flexibility index (Phi) is 3.27. The van der Waals surface area contributed by atoms with Crippen molar-refractivity contribution >= 4 is 5.69 Å². The van der Waals surface area contributed by atoms with E-state index in [-0.39, 0.29) is 0 Å². The first kappa shape index (κ1) is 11.9. The first-order valence-corrected chi connectivity index (χ1v) is 6.59. The van der Waals surface area contributed by atoms with Crippen molar-refractivity contribution in [2.75, 3.05) is 11.9 Å². The first-order valence-electron chi connectivity index (χ1n) is 6.59. The number of rotatable bonds is 3. The van der Waals surface area contributed by atoms with Crippen LogP contribution in [0.4, 0.5) is 5.69 Å². The fraction of sp³-hybridized carbons (Fsp3) is 0.250. The Labute approximate surface area is 112 Å². The molecule has 1 heterocycles. The van der Waals surface area contributed by atoms with Crippen LogP contribution in [0.3, 0.4) is 0 Å². The van der Waals surface area contributed by atoms with Crippen LogP contribution in [0, 0.1) is 0 Å². The summed E-state index contributed by atoms with van der Waals surface area (Å²) in [5.74, 6) is 1.25. The van der Waals surface area contributed by atoms with Gasteiger partial charge in [0.15, 0.2) is 0 Å². The topological polar surface area (TPSA) is 41.5 Å². The van der Waals surface area contributed by atoms with Gasteiger partial charge in [-0.1, -0.05) is 18.2 Å². The molecule has 19 heavy (non-hydrogen) atoms.